The van der Waals surface area contributed by atoms with Gasteiger partial charge in [0.1, 0.15) is 5.82 Å². The standard InChI is InChI=1S/C13H9N5/c14-5-9-1-3-10(4-2-9)11-6-16-13-17-7-12(15)18(13)8-11/h1-4,6-8H,15H2. The lowest BCUT2D eigenvalue weighted by Gasteiger charge is -2.03. The van der Waals surface area contributed by atoms with Crippen LogP contribution >= 0.6 is 0 Å². The highest BCUT2D eigenvalue weighted by molar-refractivity contribution is 5.64. The van der Waals surface area contributed by atoms with Gasteiger partial charge in [0, 0.05) is 18.0 Å². The van der Waals surface area contributed by atoms with Gasteiger partial charge in [0.15, 0.2) is 0 Å². The molecule has 0 spiro atoms. The summed E-state index contributed by atoms with van der Waals surface area (Å²) in [6.45, 7) is 0. The van der Waals surface area contributed by atoms with E-state index < -0.39 is 0 Å². The molecule has 0 aliphatic heterocycles. The number of anilines is 1. The van der Waals surface area contributed by atoms with Crippen molar-refractivity contribution in [1.29, 1.82) is 5.26 Å². The third kappa shape index (κ3) is 1.57. The Morgan fingerprint density at radius 2 is 1.78 bits per heavy atom. The number of hydrogen-bond donors (Lipinski definition) is 1. The van der Waals surface area contributed by atoms with Crippen LogP contribution in [0.4, 0.5) is 5.82 Å². The average molecular weight is 235 g/mol. The van der Waals surface area contributed by atoms with Crippen LogP contribution in [0, 0.1) is 11.3 Å². The summed E-state index contributed by atoms with van der Waals surface area (Å²) >= 11 is 0. The number of fused-ring (bicyclic) bond motifs is 1. The highest BCUT2D eigenvalue weighted by Crippen LogP contribution is 2.20. The lowest BCUT2D eigenvalue weighted by atomic mass is 10.1. The fraction of sp³-hybridized carbons (Fsp3) is 0. The predicted octanol–water partition coefficient (Wildman–Crippen LogP) is 1.85. The third-order valence-corrected chi connectivity index (χ3v) is 2.74. The molecule has 3 aromatic rings. The molecule has 0 unspecified atom stereocenters. The van der Waals surface area contributed by atoms with Crippen molar-refractivity contribution in [2.45, 2.75) is 0 Å². The van der Waals surface area contributed by atoms with E-state index in [4.69, 9.17) is 11.0 Å². The molecule has 1 aromatic carbocycles. The van der Waals surface area contributed by atoms with Crippen LogP contribution in [-0.2, 0) is 0 Å². The topological polar surface area (TPSA) is 80.0 Å². The van der Waals surface area contributed by atoms with Crippen molar-refractivity contribution in [3.8, 4) is 17.2 Å². The zero-order valence-electron chi connectivity index (χ0n) is 9.41. The van der Waals surface area contributed by atoms with Crippen LogP contribution in [0.15, 0.2) is 42.9 Å². The second-order valence-corrected chi connectivity index (χ2v) is 3.88. The lowest BCUT2D eigenvalue weighted by Crippen LogP contribution is -1.95. The van der Waals surface area contributed by atoms with Crippen molar-refractivity contribution in [3.05, 3.63) is 48.4 Å². The minimum atomic E-state index is 0.549. The van der Waals surface area contributed by atoms with Crippen molar-refractivity contribution in [2.24, 2.45) is 0 Å². The Kier molecular flexibility index (Phi) is 2.21. The summed E-state index contributed by atoms with van der Waals surface area (Å²) in [6.07, 6.45) is 5.19. The van der Waals surface area contributed by atoms with Gasteiger partial charge in [-0.3, -0.25) is 4.40 Å². The van der Waals surface area contributed by atoms with Crippen molar-refractivity contribution >= 4 is 11.6 Å². The number of rotatable bonds is 1. The number of nitriles is 1. The average Bonchev–Trinajstić information content (AvgIpc) is 2.80. The van der Waals surface area contributed by atoms with E-state index in [1.807, 2.05) is 18.3 Å². The second kappa shape index (κ2) is 3.86. The number of nitrogen functional groups attached to an aromatic ring is 1. The van der Waals surface area contributed by atoms with Gasteiger partial charge >= 0.3 is 0 Å². The van der Waals surface area contributed by atoms with Gasteiger partial charge in [0.2, 0.25) is 5.78 Å². The van der Waals surface area contributed by atoms with Gasteiger partial charge in [-0.25, -0.2) is 9.97 Å². The van der Waals surface area contributed by atoms with Crippen molar-refractivity contribution in [1.82, 2.24) is 14.4 Å². The molecule has 0 saturated heterocycles. The smallest absolute Gasteiger partial charge is 0.235 e. The summed E-state index contributed by atoms with van der Waals surface area (Å²) in [7, 11) is 0. The van der Waals surface area contributed by atoms with Crippen LogP contribution in [0.2, 0.25) is 0 Å². The van der Waals surface area contributed by atoms with E-state index in [1.165, 1.54) is 0 Å². The minimum absolute atomic E-state index is 0.549. The maximum absolute atomic E-state index is 8.76. The molecule has 2 N–H and O–H groups in total. The molecule has 0 aliphatic carbocycles. The van der Waals surface area contributed by atoms with Gasteiger partial charge in [-0.15, -0.1) is 0 Å². The highest BCUT2D eigenvalue weighted by Gasteiger charge is 2.04. The molecular weight excluding hydrogens is 226 g/mol. The van der Waals surface area contributed by atoms with E-state index in [2.05, 4.69) is 16.0 Å². The van der Waals surface area contributed by atoms with Gasteiger partial charge in [-0.05, 0) is 17.7 Å². The van der Waals surface area contributed by atoms with E-state index in [0.717, 1.165) is 11.1 Å². The zero-order chi connectivity index (χ0) is 12.5. The van der Waals surface area contributed by atoms with Crippen LogP contribution in [0.3, 0.4) is 0 Å². The van der Waals surface area contributed by atoms with E-state index in [1.54, 1.807) is 28.9 Å². The zero-order valence-corrected chi connectivity index (χ0v) is 9.41. The summed E-state index contributed by atoms with van der Waals surface area (Å²) in [6, 6.07) is 9.41. The molecule has 18 heavy (non-hydrogen) atoms. The molecule has 5 nitrogen and oxygen atoms in total. The Bertz CT molecular complexity index is 749. The maximum Gasteiger partial charge on any atom is 0.235 e. The molecule has 5 heteroatoms. The molecule has 0 radical (unpaired) electrons. The first-order chi connectivity index (χ1) is 8.78. The van der Waals surface area contributed by atoms with Gasteiger partial charge in [0.05, 0.1) is 17.8 Å². The fourth-order valence-electron chi connectivity index (χ4n) is 1.78. The molecule has 3 rings (SSSR count). The first-order valence-electron chi connectivity index (χ1n) is 5.37. The van der Waals surface area contributed by atoms with E-state index in [-0.39, 0.29) is 0 Å². The Morgan fingerprint density at radius 3 is 2.50 bits per heavy atom. The first kappa shape index (κ1) is 10.3. The Morgan fingerprint density at radius 1 is 1.06 bits per heavy atom. The van der Waals surface area contributed by atoms with Crippen molar-refractivity contribution in [3.63, 3.8) is 0 Å². The first-order valence-corrected chi connectivity index (χ1v) is 5.37. The van der Waals surface area contributed by atoms with E-state index >= 15 is 0 Å². The number of nitrogens with zero attached hydrogens (tertiary/aromatic N) is 4. The largest absolute Gasteiger partial charge is 0.383 e. The molecule has 0 aliphatic rings. The van der Waals surface area contributed by atoms with Gasteiger partial charge in [-0.1, -0.05) is 12.1 Å². The second-order valence-electron chi connectivity index (χ2n) is 3.88. The Labute approximate surface area is 103 Å². The molecule has 0 atom stereocenters. The SMILES string of the molecule is N#Cc1ccc(-c2cnc3ncc(N)n3c2)cc1. The quantitative estimate of drug-likeness (QED) is 0.698. The number of aromatic nitrogens is 3. The molecule has 86 valence electrons. The number of hydrogen-bond acceptors (Lipinski definition) is 4. The Hall–Kier alpha value is -2.87. The van der Waals surface area contributed by atoms with Crippen LogP contribution in [0.25, 0.3) is 16.9 Å². The molecule has 0 amide bonds. The summed E-state index contributed by atoms with van der Waals surface area (Å²) in [5.41, 5.74) is 8.33. The molecular formula is C13H9N5. The number of benzene rings is 1. The predicted molar refractivity (Wildman–Crippen MR) is 67.6 cm³/mol. The van der Waals surface area contributed by atoms with E-state index in [0.29, 0.717) is 17.2 Å². The Balaban J connectivity index is 2.13. The van der Waals surface area contributed by atoms with Gasteiger partial charge in [0.25, 0.3) is 0 Å². The normalized spacial score (nSPS) is 10.4. The third-order valence-electron chi connectivity index (χ3n) is 2.74. The van der Waals surface area contributed by atoms with Crippen molar-refractivity contribution in [2.75, 3.05) is 5.73 Å². The molecule has 2 heterocycles. The van der Waals surface area contributed by atoms with E-state index in [9.17, 15) is 0 Å². The monoisotopic (exact) mass is 235 g/mol. The number of imidazole rings is 1. The summed E-state index contributed by atoms with van der Waals surface area (Å²) in [4.78, 5) is 8.29. The van der Waals surface area contributed by atoms with Crippen molar-refractivity contribution < 1.29 is 0 Å². The summed E-state index contributed by atoms with van der Waals surface area (Å²) in [5.74, 6) is 1.12. The van der Waals surface area contributed by atoms with Crippen LogP contribution in [0.1, 0.15) is 5.56 Å². The van der Waals surface area contributed by atoms with Crippen LogP contribution < -0.4 is 5.73 Å². The number of nitrogens with two attached hydrogens (primary N) is 1. The summed E-state index contributed by atoms with van der Waals surface area (Å²) in [5, 5.41) is 8.76. The van der Waals surface area contributed by atoms with Gasteiger partial charge < -0.3 is 5.73 Å². The lowest BCUT2D eigenvalue weighted by molar-refractivity contribution is 1.12. The molecule has 2 aromatic heterocycles. The van der Waals surface area contributed by atoms with Gasteiger partial charge in [-0.2, -0.15) is 5.26 Å². The highest BCUT2D eigenvalue weighted by atomic mass is 15.1. The fourth-order valence-corrected chi connectivity index (χ4v) is 1.78. The molecule has 0 bridgehead atoms. The van der Waals surface area contributed by atoms with Crippen LogP contribution in [0.5, 0.6) is 0 Å². The van der Waals surface area contributed by atoms with Crippen LogP contribution in [-0.4, -0.2) is 14.4 Å². The summed E-state index contributed by atoms with van der Waals surface area (Å²) < 4.78 is 1.73. The molecule has 0 fully saturated rings. The molecule has 0 saturated carbocycles. The maximum atomic E-state index is 8.76. The minimum Gasteiger partial charge on any atom is -0.383 e.